The maximum Gasteiger partial charge on any atom is 0.246 e. The first-order chi connectivity index (χ1) is 13.5. The van der Waals surface area contributed by atoms with Crippen LogP contribution < -0.4 is 25.0 Å². The molecule has 7 nitrogen and oxygen atoms in total. The lowest BCUT2D eigenvalue weighted by Gasteiger charge is -2.19. The van der Waals surface area contributed by atoms with Crippen LogP contribution in [0.4, 0.5) is 17.1 Å². The predicted octanol–water partition coefficient (Wildman–Crippen LogP) is 3.27. The Bertz CT molecular complexity index is 868. The van der Waals surface area contributed by atoms with Crippen molar-refractivity contribution in [3.8, 4) is 11.5 Å². The summed E-state index contributed by atoms with van der Waals surface area (Å²) in [5.41, 5.74) is 2.25. The summed E-state index contributed by atoms with van der Waals surface area (Å²) in [6.45, 7) is 2.52. The molecule has 0 bridgehead atoms. The van der Waals surface area contributed by atoms with E-state index < -0.39 is 6.04 Å². The van der Waals surface area contributed by atoms with E-state index in [9.17, 15) is 9.59 Å². The number of hydrogen-bond acceptors (Lipinski definition) is 5. The highest BCUT2D eigenvalue weighted by atomic mass is 16.5. The van der Waals surface area contributed by atoms with E-state index >= 15 is 0 Å². The second-order valence-electron chi connectivity index (χ2n) is 6.62. The monoisotopic (exact) mass is 383 g/mol. The second-order valence-corrected chi connectivity index (χ2v) is 6.62. The molecule has 3 rings (SSSR count). The van der Waals surface area contributed by atoms with Crippen LogP contribution in [0.3, 0.4) is 0 Å². The molecule has 1 aliphatic rings. The number of benzene rings is 2. The lowest BCUT2D eigenvalue weighted by atomic mass is 10.2. The fourth-order valence-electron chi connectivity index (χ4n) is 3.16. The molecular weight excluding hydrogens is 358 g/mol. The van der Waals surface area contributed by atoms with Crippen molar-refractivity contribution in [2.24, 2.45) is 0 Å². The van der Waals surface area contributed by atoms with Gasteiger partial charge in [0.2, 0.25) is 11.8 Å². The molecule has 0 aliphatic carbocycles. The van der Waals surface area contributed by atoms with Crippen LogP contribution in [-0.2, 0) is 9.59 Å². The maximum absolute atomic E-state index is 12.6. The molecule has 28 heavy (non-hydrogen) atoms. The van der Waals surface area contributed by atoms with Gasteiger partial charge < -0.3 is 25.0 Å². The Morgan fingerprint density at radius 3 is 2.54 bits per heavy atom. The lowest BCUT2D eigenvalue weighted by Crippen LogP contribution is -2.32. The number of nitrogens with zero attached hydrogens (tertiary/aromatic N) is 1. The molecule has 1 saturated heterocycles. The number of hydrogen-bond donors (Lipinski definition) is 2. The van der Waals surface area contributed by atoms with Crippen molar-refractivity contribution < 1.29 is 19.1 Å². The first kappa shape index (κ1) is 19.5. The molecule has 0 aromatic heterocycles. The molecule has 1 atom stereocenters. The van der Waals surface area contributed by atoms with Gasteiger partial charge in [0.15, 0.2) is 11.5 Å². The van der Waals surface area contributed by atoms with E-state index in [0.29, 0.717) is 23.6 Å². The number of methoxy groups -OCH3 is 2. The highest BCUT2D eigenvalue weighted by Crippen LogP contribution is 2.30. The minimum atomic E-state index is -0.474. The van der Waals surface area contributed by atoms with Crippen molar-refractivity contribution >= 4 is 28.9 Å². The Hall–Kier alpha value is -3.22. The summed E-state index contributed by atoms with van der Waals surface area (Å²) < 4.78 is 10.5. The normalized spacial score (nSPS) is 14.5. The molecule has 2 amide bonds. The van der Waals surface area contributed by atoms with Gasteiger partial charge in [-0.2, -0.15) is 0 Å². The van der Waals surface area contributed by atoms with Gasteiger partial charge in [0.1, 0.15) is 6.04 Å². The van der Waals surface area contributed by atoms with Gasteiger partial charge in [-0.25, -0.2) is 0 Å². The van der Waals surface area contributed by atoms with E-state index in [1.54, 1.807) is 44.2 Å². The first-order valence-electron chi connectivity index (χ1n) is 9.21. The number of rotatable bonds is 7. The summed E-state index contributed by atoms with van der Waals surface area (Å²) in [5.74, 6) is 1.09. The van der Waals surface area contributed by atoms with Crippen LogP contribution in [0.5, 0.6) is 11.5 Å². The van der Waals surface area contributed by atoms with Crippen LogP contribution in [0.1, 0.15) is 19.8 Å². The number of nitrogens with one attached hydrogen (secondary N) is 2. The highest BCUT2D eigenvalue weighted by Gasteiger charge is 2.22. The fourth-order valence-corrected chi connectivity index (χ4v) is 3.16. The van der Waals surface area contributed by atoms with E-state index in [0.717, 1.165) is 24.3 Å². The van der Waals surface area contributed by atoms with Crippen molar-refractivity contribution in [2.45, 2.75) is 25.8 Å². The molecule has 0 radical (unpaired) electrons. The summed E-state index contributed by atoms with van der Waals surface area (Å²) in [6, 6.07) is 12.3. The molecule has 0 spiro atoms. The highest BCUT2D eigenvalue weighted by molar-refractivity contribution is 5.97. The van der Waals surface area contributed by atoms with Crippen molar-refractivity contribution in [1.82, 2.24) is 0 Å². The van der Waals surface area contributed by atoms with Crippen LogP contribution in [0.2, 0.25) is 0 Å². The summed E-state index contributed by atoms with van der Waals surface area (Å²) in [4.78, 5) is 26.3. The van der Waals surface area contributed by atoms with Crippen LogP contribution in [-0.4, -0.2) is 38.6 Å². The molecule has 1 unspecified atom stereocenters. The third kappa shape index (κ3) is 4.36. The zero-order valence-corrected chi connectivity index (χ0v) is 16.3. The van der Waals surface area contributed by atoms with Crippen molar-refractivity contribution in [1.29, 1.82) is 0 Å². The molecule has 1 fully saturated rings. The van der Waals surface area contributed by atoms with Crippen LogP contribution >= 0.6 is 0 Å². The number of amides is 2. The summed E-state index contributed by atoms with van der Waals surface area (Å²) in [6.07, 6.45) is 1.46. The van der Waals surface area contributed by atoms with Gasteiger partial charge in [0, 0.05) is 36.1 Å². The van der Waals surface area contributed by atoms with Gasteiger partial charge in [-0.3, -0.25) is 9.59 Å². The van der Waals surface area contributed by atoms with E-state index in [2.05, 4.69) is 10.6 Å². The zero-order valence-electron chi connectivity index (χ0n) is 16.3. The van der Waals surface area contributed by atoms with E-state index in [1.165, 1.54) is 0 Å². The second kappa shape index (κ2) is 8.65. The molecule has 148 valence electrons. The largest absolute Gasteiger partial charge is 0.493 e. The molecule has 2 aromatic carbocycles. The molecular formula is C21H25N3O4. The van der Waals surface area contributed by atoms with Gasteiger partial charge in [-0.15, -0.1) is 0 Å². The van der Waals surface area contributed by atoms with Gasteiger partial charge in [0.25, 0.3) is 0 Å². The smallest absolute Gasteiger partial charge is 0.246 e. The van der Waals surface area contributed by atoms with Gasteiger partial charge in [0.05, 0.1) is 14.2 Å². The van der Waals surface area contributed by atoms with Crippen molar-refractivity contribution in [3.05, 3.63) is 42.5 Å². The lowest BCUT2D eigenvalue weighted by molar-refractivity contribution is -0.117. The summed E-state index contributed by atoms with van der Waals surface area (Å²) in [5, 5.41) is 6.05. The Morgan fingerprint density at radius 1 is 1.07 bits per heavy atom. The first-order valence-corrected chi connectivity index (χ1v) is 9.21. The average molecular weight is 383 g/mol. The zero-order chi connectivity index (χ0) is 20.1. The number of carbonyl (C=O) groups excluding carboxylic acids is 2. The fraction of sp³-hybridized carbons (Fsp3) is 0.333. The van der Waals surface area contributed by atoms with Gasteiger partial charge >= 0.3 is 0 Å². The number of ether oxygens (including phenoxy) is 2. The molecule has 2 aromatic rings. The summed E-state index contributed by atoms with van der Waals surface area (Å²) >= 11 is 0. The van der Waals surface area contributed by atoms with Crippen LogP contribution in [0.25, 0.3) is 0 Å². The van der Waals surface area contributed by atoms with Crippen molar-refractivity contribution in [3.63, 3.8) is 0 Å². The number of anilines is 3. The Kier molecular flexibility index (Phi) is 6.03. The quantitative estimate of drug-likeness (QED) is 0.767. The SMILES string of the molecule is COc1ccc(NC(=O)C(C)Nc2cccc(N3CCCC3=O)c2)cc1OC. The van der Waals surface area contributed by atoms with Crippen LogP contribution in [0.15, 0.2) is 42.5 Å². The van der Waals surface area contributed by atoms with E-state index in [-0.39, 0.29) is 11.8 Å². The summed E-state index contributed by atoms with van der Waals surface area (Å²) in [7, 11) is 3.11. The topological polar surface area (TPSA) is 79.9 Å². The Morgan fingerprint density at radius 2 is 1.86 bits per heavy atom. The number of carbonyl (C=O) groups is 2. The molecule has 0 saturated carbocycles. The Balaban J connectivity index is 1.65. The van der Waals surface area contributed by atoms with E-state index in [1.807, 2.05) is 24.3 Å². The molecule has 2 N–H and O–H groups in total. The predicted molar refractivity (Wildman–Crippen MR) is 109 cm³/mol. The standard InChI is InChI=1S/C21H25N3O4/c1-14(21(26)23-16-9-10-18(27-2)19(13-16)28-3)22-15-6-4-7-17(12-15)24-11-5-8-20(24)25/h4,6-7,9-10,12-14,22H,5,8,11H2,1-3H3,(H,23,26). The molecule has 1 heterocycles. The maximum atomic E-state index is 12.6. The van der Waals surface area contributed by atoms with Gasteiger partial charge in [-0.1, -0.05) is 6.07 Å². The molecule has 1 aliphatic heterocycles. The Labute approximate surface area is 164 Å². The third-order valence-corrected chi connectivity index (χ3v) is 4.66. The van der Waals surface area contributed by atoms with E-state index in [4.69, 9.17) is 9.47 Å². The van der Waals surface area contributed by atoms with Crippen molar-refractivity contribution in [2.75, 3.05) is 36.3 Å². The minimum absolute atomic E-state index is 0.136. The average Bonchev–Trinajstić information content (AvgIpc) is 3.14. The third-order valence-electron chi connectivity index (χ3n) is 4.66. The minimum Gasteiger partial charge on any atom is -0.493 e. The molecule has 7 heteroatoms. The van der Waals surface area contributed by atoms with Gasteiger partial charge in [-0.05, 0) is 43.7 Å². The van der Waals surface area contributed by atoms with Crippen LogP contribution in [0, 0.1) is 0 Å².